The third-order valence-electron chi connectivity index (χ3n) is 5.39. The molecule has 190 valence electrons. The van der Waals surface area contributed by atoms with Crippen LogP contribution in [-0.4, -0.2) is 22.2 Å². The molecule has 0 aliphatic rings. The lowest BCUT2D eigenvalue weighted by molar-refractivity contribution is -0.119. The van der Waals surface area contributed by atoms with E-state index in [9.17, 15) is 9.59 Å². The van der Waals surface area contributed by atoms with Crippen molar-refractivity contribution in [2.45, 2.75) is 90.5 Å². The fourth-order valence-electron chi connectivity index (χ4n) is 3.30. The summed E-state index contributed by atoms with van der Waals surface area (Å²) in [6, 6.07) is 3.47. The van der Waals surface area contributed by atoms with E-state index in [1.807, 2.05) is 13.8 Å². The fraction of sp³-hybridized carbons (Fsp3) is 0.452. The first-order chi connectivity index (χ1) is 16.9. The van der Waals surface area contributed by atoms with Gasteiger partial charge in [0.05, 0.1) is 5.56 Å². The van der Waals surface area contributed by atoms with E-state index in [-0.39, 0.29) is 11.7 Å². The van der Waals surface area contributed by atoms with Gasteiger partial charge < -0.3 is 5.32 Å². The van der Waals surface area contributed by atoms with Gasteiger partial charge in [0.2, 0.25) is 0 Å². The molecule has 0 bridgehead atoms. The first-order valence-electron chi connectivity index (χ1n) is 12.9. The van der Waals surface area contributed by atoms with Crippen LogP contribution in [0, 0.1) is 0 Å². The van der Waals surface area contributed by atoms with Crippen molar-refractivity contribution in [1.82, 2.24) is 10.3 Å². The maximum atomic E-state index is 12.3. The van der Waals surface area contributed by atoms with Crippen LogP contribution in [0.1, 0.15) is 95.3 Å². The van der Waals surface area contributed by atoms with E-state index in [2.05, 4.69) is 78.0 Å². The topological polar surface area (TPSA) is 59.1 Å². The van der Waals surface area contributed by atoms with E-state index in [1.165, 1.54) is 0 Å². The van der Waals surface area contributed by atoms with Crippen molar-refractivity contribution in [3.05, 3.63) is 90.9 Å². The van der Waals surface area contributed by atoms with Crippen LogP contribution < -0.4 is 5.32 Å². The van der Waals surface area contributed by atoms with Crippen LogP contribution in [0.2, 0.25) is 0 Å². The monoisotopic (exact) mass is 476 g/mol. The summed E-state index contributed by atoms with van der Waals surface area (Å²) in [7, 11) is 0. The van der Waals surface area contributed by atoms with E-state index >= 15 is 0 Å². The van der Waals surface area contributed by atoms with Gasteiger partial charge in [-0.25, -0.2) is 0 Å². The molecule has 1 rings (SSSR count). The number of hydrogen-bond donors (Lipinski definition) is 1. The highest BCUT2D eigenvalue weighted by molar-refractivity contribution is 5.94. The van der Waals surface area contributed by atoms with Crippen LogP contribution in [0.25, 0.3) is 0 Å². The summed E-state index contributed by atoms with van der Waals surface area (Å²) in [5, 5.41) is 3.00. The molecule has 0 aromatic carbocycles. The molecule has 4 nitrogen and oxygen atoms in total. The summed E-state index contributed by atoms with van der Waals surface area (Å²) in [6.45, 7) is 6.05. The highest BCUT2D eigenvalue weighted by Crippen LogP contribution is 2.14. The number of Topliss-reactive ketones (excluding diaryl/α,β-unsaturated/α-hetero) is 1. The minimum absolute atomic E-state index is 0.158. The van der Waals surface area contributed by atoms with E-state index in [4.69, 9.17) is 0 Å². The average molecular weight is 477 g/mol. The molecule has 0 aliphatic heterocycles. The number of pyridine rings is 1. The Bertz CT molecular complexity index is 861. The number of ketones is 1. The van der Waals surface area contributed by atoms with E-state index < -0.39 is 5.54 Å². The number of amides is 1. The molecule has 0 saturated carbocycles. The summed E-state index contributed by atoms with van der Waals surface area (Å²) < 4.78 is 0. The number of rotatable bonds is 18. The van der Waals surface area contributed by atoms with Gasteiger partial charge in [0.25, 0.3) is 5.91 Å². The van der Waals surface area contributed by atoms with Crippen LogP contribution in [0.15, 0.2) is 85.3 Å². The first kappa shape index (κ1) is 30.0. The van der Waals surface area contributed by atoms with Crippen LogP contribution in [0.4, 0.5) is 0 Å². The fourth-order valence-corrected chi connectivity index (χ4v) is 3.30. The van der Waals surface area contributed by atoms with Gasteiger partial charge in [0.15, 0.2) is 0 Å². The van der Waals surface area contributed by atoms with Gasteiger partial charge in [-0.05, 0) is 77.3 Å². The molecule has 4 heteroatoms. The summed E-state index contributed by atoms with van der Waals surface area (Å²) >= 11 is 0. The number of nitrogens with one attached hydrogen (secondary N) is 1. The third kappa shape index (κ3) is 17.1. The lowest BCUT2D eigenvalue weighted by atomic mass is 9.95. The highest BCUT2D eigenvalue weighted by Gasteiger charge is 2.22. The SMILES string of the molecule is CC/C=C\C/C=C\C/C=C\C/C=C\C/C=C\CCCC(=O)CCC(C)(C)NC(=O)c1cccnc1. The van der Waals surface area contributed by atoms with Crippen LogP contribution in [0.5, 0.6) is 0 Å². The Morgan fingerprint density at radius 1 is 0.857 bits per heavy atom. The molecular formula is C31H44N2O2. The van der Waals surface area contributed by atoms with Crippen molar-refractivity contribution >= 4 is 11.7 Å². The van der Waals surface area contributed by atoms with Crippen molar-refractivity contribution in [2.75, 3.05) is 0 Å². The molecule has 0 radical (unpaired) electrons. The van der Waals surface area contributed by atoms with Gasteiger partial charge in [-0.3, -0.25) is 14.6 Å². The predicted octanol–water partition coefficient (Wildman–Crippen LogP) is 7.86. The Morgan fingerprint density at radius 3 is 1.97 bits per heavy atom. The lowest BCUT2D eigenvalue weighted by Crippen LogP contribution is -2.43. The number of allylic oxidation sites excluding steroid dienone is 10. The second kappa shape index (κ2) is 19.3. The van der Waals surface area contributed by atoms with Gasteiger partial charge in [0, 0.05) is 30.8 Å². The molecule has 35 heavy (non-hydrogen) atoms. The number of hydrogen-bond acceptors (Lipinski definition) is 3. The molecule has 1 amide bonds. The molecule has 0 aliphatic carbocycles. The Kier molecular flexibility index (Phi) is 16.6. The zero-order chi connectivity index (χ0) is 25.6. The number of carbonyl (C=O) groups excluding carboxylic acids is 2. The van der Waals surface area contributed by atoms with Crippen LogP contribution in [-0.2, 0) is 4.79 Å². The predicted molar refractivity (Wildman–Crippen MR) is 148 cm³/mol. The third-order valence-corrected chi connectivity index (χ3v) is 5.39. The molecular weight excluding hydrogens is 432 g/mol. The van der Waals surface area contributed by atoms with E-state index in [1.54, 1.807) is 24.5 Å². The summed E-state index contributed by atoms with van der Waals surface area (Å²) in [4.78, 5) is 28.5. The molecule has 1 N–H and O–H groups in total. The molecule has 1 aromatic rings. The van der Waals surface area contributed by atoms with E-state index in [0.717, 1.165) is 44.9 Å². The van der Waals surface area contributed by atoms with Gasteiger partial charge in [-0.15, -0.1) is 0 Å². The first-order valence-corrected chi connectivity index (χ1v) is 12.9. The maximum absolute atomic E-state index is 12.3. The average Bonchev–Trinajstić information content (AvgIpc) is 2.85. The molecule has 0 fully saturated rings. The smallest absolute Gasteiger partial charge is 0.253 e. The number of unbranched alkanes of at least 4 members (excludes halogenated alkanes) is 1. The number of nitrogens with zero attached hydrogens (tertiary/aromatic N) is 1. The van der Waals surface area contributed by atoms with E-state index in [0.29, 0.717) is 24.8 Å². The summed E-state index contributed by atoms with van der Waals surface area (Å²) in [5.41, 5.74) is 0.0935. The van der Waals surface area contributed by atoms with Crippen molar-refractivity contribution in [3.8, 4) is 0 Å². The minimum atomic E-state index is -0.438. The van der Waals surface area contributed by atoms with Gasteiger partial charge in [-0.1, -0.05) is 67.7 Å². The zero-order valence-electron chi connectivity index (χ0n) is 21.9. The minimum Gasteiger partial charge on any atom is -0.347 e. The standard InChI is InChI=1S/C31H44N2O2/c1-4-5-6-7-8-9-10-11-12-13-14-15-16-17-18-19-20-23-29(34)24-25-31(2,3)33-30(35)28-22-21-26-32-27-28/h5-6,8-9,11-12,14-15,17-18,21-22,26-27H,4,7,10,13,16,19-20,23-25H2,1-3H3,(H,33,35)/b6-5-,9-8-,12-11-,15-14-,18-17-. The van der Waals surface area contributed by atoms with Crippen LogP contribution in [0.3, 0.4) is 0 Å². The normalized spacial score (nSPS) is 12.7. The quantitative estimate of drug-likeness (QED) is 0.173. The Balaban J connectivity index is 2.08. The van der Waals surface area contributed by atoms with Gasteiger partial charge >= 0.3 is 0 Å². The molecule has 0 spiro atoms. The summed E-state index contributed by atoms with van der Waals surface area (Å²) in [5.74, 6) is 0.0926. The van der Waals surface area contributed by atoms with Crippen molar-refractivity contribution in [1.29, 1.82) is 0 Å². The van der Waals surface area contributed by atoms with Crippen molar-refractivity contribution in [3.63, 3.8) is 0 Å². The summed E-state index contributed by atoms with van der Waals surface area (Å²) in [6.07, 6.45) is 33.5. The second-order valence-electron chi connectivity index (χ2n) is 9.22. The second-order valence-corrected chi connectivity index (χ2v) is 9.22. The molecule has 0 saturated heterocycles. The van der Waals surface area contributed by atoms with Crippen molar-refractivity contribution < 1.29 is 9.59 Å². The Labute approximate surface area is 213 Å². The maximum Gasteiger partial charge on any atom is 0.253 e. The zero-order valence-corrected chi connectivity index (χ0v) is 21.9. The molecule has 0 unspecified atom stereocenters. The number of carbonyl (C=O) groups is 2. The number of aromatic nitrogens is 1. The Hall–Kier alpha value is -3.01. The van der Waals surface area contributed by atoms with Crippen molar-refractivity contribution in [2.24, 2.45) is 0 Å². The largest absolute Gasteiger partial charge is 0.347 e. The lowest BCUT2D eigenvalue weighted by Gasteiger charge is -2.26. The Morgan fingerprint density at radius 2 is 1.43 bits per heavy atom. The highest BCUT2D eigenvalue weighted by atomic mass is 16.2. The molecule has 0 atom stereocenters. The van der Waals surface area contributed by atoms with Gasteiger partial charge in [0.1, 0.15) is 5.78 Å². The molecule has 1 aromatic heterocycles. The van der Waals surface area contributed by atoms with Crippen LogP contribution >= 0.6 is 0 Å². The van der Waals surface area contributed by atoms with Gasteiger partial charge in [-0.2, -0.15) is 0 Å². The molecule has 1 heterocycles.